The lowest BCUT2D eigenvalue weighted by atomic mass is 9.77. The molecule has 2 heterocycles. The van der Waals surface area contributed by atoms with Crippen molar-refractivity contribution in [3.63, 3.8) is 0 Å². The highest BCUT2D eigenvalue weighted by Gasteiger charge is 2.38. The summed E-state index contributed by atoms with van der Waals surface area (Å²) in [6.07, 6.45) is 5.56. The molecule has 0 aromatic rings. The third kappa shape index (κ3) is 2.86. The molecule has 18 heavy (non-hydrogen) atoms. The van der Waals surface area contributed by atoms with Crippen LogP contribution in [0.1, 0.15) is 39.0 Å². The van der Waals surface area contributed by atoms with Gasteiger partial charge in [0.05, 0.1) is 5.41 Å². The zero-order chi connectivity index (χ0) is 13.0. The molecule has 1 amide bonds. The van der Waals surface area contributed by atoms with Gasteiger partial charge in [0.1, 0.15) is 0 Å². The summed E-state index contributed by atoms with van der Waals surface area (Å²) in [5.41, 5.74) is -0.157. The van der Waals surface area contributed by atoms with Crippen molar-refractivity contribution < 1.29 is 4.79 Å². The number of hydrogen-bond donors (Lipinski definition) is 2. The first-order valence-corrected chi connectivity index (χ1v) is 7.37. The van der Waals surface area contributed by atoms with E-state index in [0.29, 0.717) is 6.04 Å². The van der Waals surface area contributed by atoms with Crippen LogP contribution in [-0.2, 0) is 4.79 Å². The second kappa shape index (κ2) is 6.02. The fourth-order valence-electron chi connectivity index (χ4n) is 3.26. The van der Waals surface area contributed by atoms with Crippen LogP contribution < -0.4 is 10.6 Å². The number of nitrogens with one attached hydrogen (secondary N) is 2. The molecule has 2 rings (SSSR count). The molecule has 4 nitrogen and oxygen atoms in total. The van der Waals surface area contributed by atoms with Gasteiger partial charge in [-0.2, -0.15) is 0 Å². The zero-order valence-electron chi connectivity index (χ0n) is 11.8. The Kier molecular flexibility index (Phi) is 4.62. The molecule has 2 aliphatic heterocycles. The highest BCUT2D eigenvalue weighted by molar-refractivity contribution is 5.83. The molecule has 0 saturated carbocycles. The van der Waals surface area contributed by atoms with E-state index in [1.807, 2.05) is 0 Å². The van der Waals surface area contributed by atoms with Crippen LogP contribution >= 0.6 is 0 Å². The average molecular weight is 253 g/mol. The molecular formula is C14H27N3O. The highest BCUT2D eigenvalue weighted by Crippen LogP contribution is 2.30. The lowest BCUT2D eigenvalue weighted by molar-refractivity contribution is -0.132. The van der Waals surface area contributed by atoms with E-state index in [1.54, 1.807) is 0 Å². The highest BCUT2D eigenvalue weighted by atomic mass is 16.2. The van der Waals surface area contributed by atoms with Crippen LogP contribution in [0.5, 0.6) is 0 Å². The molecule has 2 saturated heterocycles. The summed E-state index contributed by atoms with van der Waals surface area (Å²) in [7, 11) is 2.15. The van der Waals surface area contributed by atoms with Gasteiger partial charge in [-0.1, -0.05) is 6.92 Å². The fraction of sp³-hybridized carbons (Fsp3) is 0.929. The van der Waals surface area contributed by atoms with Gasteiger partial charge in [0.15, 0.2) is 0 Å². The topological polar surface area (TPSA) is 44.4 Å². The minimum atomic E-state index is -0.157. The first-order chi connectivity index (χ1) is 8.68. The number of likely N-dealkylation sites (tertiary alicyclic amines) is 1. The van der Waals surface area contributed by atoms with Crippen molar-refractivity contribution in [1.29, 1.82) is 0 Å². The van der Waals surface area contributed by atoms with E-state index >= 15 is 0 Å². The van der Waals surface area contributed by atoms with Gasteiger partial charge in [0.2, 0.25) is 5.91 Å². The Balaban J connectivity index is 1.85. The molecule has 4 heteroatoms. The monoisotopic (exact) mass is 253 g/mol. The van der Waals surface area contributed by atoms with Crippen molar-refractivity contribution in [1.82, 2.24) is 15.5 Å². The summed E-state index contributed by atoms with van der Waals surface area (Å²) >= 11 is 0. The number of rotatable bonds is 4. The number of likely N-dealkylation sites (N-methyl/N-ethyl adjacent to an activating group) is 1. The van der Waals surface area contributed by atoms with E-state index in [1.165, 1.54) is 19.4 Å². The Morgan fingerprint density at radius 3 is 2.89 bits per heavy atom. The van der Waals surface area contributed by atoms with Crippen molar-refractivity contribution in [2.75, 3.05) is 33.2 Å². The SMILES string of the molecule is CCC1(C(=O)NCC2CCCN2C)CCCNC1. The number of piperidine rings is 1. The zero-order valence-corrected chi connectivity index (χ0v) is 11.8. The Labute approximate surface area is 110 Å². The smallest absolute Gasteiger partial charge is 0.227 e. The first-order valence-electron chi connectivity index (χ1n) is 7.37. The maximum atomic E-state index is 12.4. The minimum absolute atomic E-state index is 0.157. The van der Waals surface area contributed by atoms with Gasteiger partial charge < -0.3 is 15.5 Å². The molecule has 0 radical (unpaired) electrons. The van der Waals surface area contributed by atoms with Crippen LogP contribution in [0.25, 0.3) is 0 Å². The van der Waals surface area contributed by atoms with Crippen LogP contribution in [0.3, 0.4) is 0 Å². The maximum absolute atomic E-state index is 12.4. The van der Waals surface area contributed by atoms with E-state index in [-0.39, 0.29) is 11.3 Å². The largest absolute Gasteiger partial charge is 0.354 e. The molecular weight excluding hydrogens is 226 g/mol. The fourth-order valence-corrected chi connectivity index (χ4v) is 3.26. The van der Waals surface area contributed by atoms with Gasteiger partial charge in [-0.15, -0.1) is 0 Å². The summed E-state index contributed by atoms with van der Waals surface area (Å²) in [6.45, 7) is 6.02. The van der Waals surface area contributed by atoms with E-state index in [4.69, 9.17) is 0 Å². The normalized spacial score (nSPS) is 33.6. The van der Waals surface area contributed by atoms with Crippen LogP contribution in [0.15, 0.2) is 0 Å². The van der Waals surface area contributed by atoms with Crippen molar-refractivity contribution >= 4 is 5.91 Å². The Hall–Kier alpha value is -0.610. The summed E-state index contributed by atoms with van der Waals surface area (Å²) in [5, 5.41) is 6.57. The predicted molar refractivity (Wildman–Crippen MR) is 73.5 cm³/mol. The number of carbonyl (C=O) groups is 1. The van der Waals surface area contributed by atoms with Crippen LogP contribution in [0.4, 0.5) is 0 Å². The number of amides is 1. The van der Waals surface area contributed by atoms with E-state index in [0.717, 1.165) is 38.9 Å². The van der Waals surface area contributed by atoms with Gasteiger partial charge in [-0.3, -0.25) is 4.79 Å². The van der Waals surface area contributed by atoms with E-state index < -0.39 is 0 Å². The van der Waals surface area contributed by atoms with E-state index in [2.05, 4.69) is 29.5 Å². The molecule has 2 aliphatic rings. The molecule has 0 bridgehead atoms. The van der Waals surface area contributed by atoms with Crippen molar-refractivity contribution in [3.8, 4) is 0 Å². The molecule has 0 aliphatic carbocycles. The molecule has 0 spiro atoms. The number of hydrogen-bond acceptors (Lipinski definition) is 3. The van der Waals surface area contributed by atoms with Gasteiger partial charge in [0, 0.05) is 19.1 Å². The molecule has 0 aromatic carbocycles. The molecule has 2 N–H and O–H groups in total. The van der Waals surface area contributed by atoms with Gasteiger partial charge in [-0.25, -0.2) is 0 Å². The number of nitrogens with zero attached hydrogens (tertiary/aromatic N) is 1. The second-order valence-electron chi connectivity index (χ2n) is 5.90. The van der Waals surface area contributed by atoms with Gasteiger partial charge in [0.25, 0.3) is 0 Å². The lowest BCUT2D eigenvalue weighted by Gasteiger charge is -2.36. The Bertz CT molecular complexity index is 287. The molecule has 2 atom stereocenters. The summed E-state index contributed by atoms with van der Waals surface area (Å²) < 4.78 is 0. The minimum Gasteiger partial charge on any atom is -0.354 e. The third-order valence-corrected chi connectivity index (χ3v) is 4.80. The number of carbonyl (C=O) groups excluding carboxylic acids is 1. The van der Waals surface area contributed by atoms with Crippen molar-refractivity contribution in [3.05, 3.63) is 0 Å². The van der Waals surface area contributed by atoms with Crippen LogP contribution in [0, 0.1) is 5.41 Å². The summed E-state index contributed by atoms with van der Waals surface area (Å²) in [6, 6.07) is 0.541. The average Bonchev–Trinajstić information content (AvgIpc) is 2.82. The molecule has 104 valence electrons. The Morgan fingerprint density at radius 2 is 2.33 bits per heavy atom. The maximum Gasteiger partial charge on any atom is 0.227 e. The first kappa shape index (κ1) is 13.8. The molecule has 0 aromatic heterocycles. The quantitative estimate of drug-likeness (QED) is 0.785. The second-order valence-corrected chi connectivity index (χ2v) is 5.90. The summed E-state index contributed by atoms with van der Waals surface area (Å²) in [5.74, 6) is 0.262. The van der Waals surface area contributed by atoms with Crippen LogP contribution in [-0.4, -0.2) is 50.1 Å². The third-order valence-electron chi connectivity index (χ3n) is 4.80. The van der Waals surface area contributed by atoms with Crippen molar-refractivity contribution in [2.24, 2.45) is 5.41 Å². The van der Waals surface area contributed by atoms with Gasteiger partial charge in [-0.05, 0) is 52.2 Å². The van der Waals surface area contributed by atoms with E-state index in [9.17, 15) is 4.79 Å². The predicted octanol–water partition coefficient (Wildman–Crippen LogP) is 0.977. The lowest BCUT2D eigenvalue weighted by Crippen LogP contribution is -2.52. The Morgan fingerprint density at radius 1 is 1.50 bits per heavy atom. The standard InChI is InChI=1S/C14H27N3O/c1-3-14(7-5-8-15-11-14)13(18)16-10-12-6-4-9-17(12)2/h12,15H,3-11H2,1-2H3,(H,16,18). The molecule has 2 unspecified atom stereocenters. The van der Waals surface area contributed by atoms with Gasteiger partial charge >= 0.3 is 0 Å². The van der Waals surface area contributed by atoms with Crippen molar-refractivity contribution in [2.45, 2.75) is 45.1 Å². The summed E-state index contributed by atoms with van der Waals surface area (Å²) in [4.78, 5) is 14.8. The molecule has 2 fully saturated rings. The van der Waals surface area contributed by atoms with Crippen LogP contribution in [0.2, 0.25) is 0 Å².